The predicted octanol–water partition coefficient (Wildman–Crippen LogP) is 2.84. The molecule has 2 unspecified atom stereocenters. The molecule has 1 aliphatic carbocycles. The number of hydrogen-bond donors (Lipinski definition) is 1. The summed E-state index contributed by atoms with van der Waals surface area (Å²) >= 11 is 0. The Morgan fingerprint density at radius 3 is 2.83 bits per heavy atom. The third-order valence-electron chi connectivity index (χ3n) is 5.09. The number of fused-ring (bicyclic) bond motifs is 1. The number of rotatable bonds is 8. The monoisotopic (exact) mass is 348 g/mol. The van der Waals surface area contributed by atoms with Crippen LogP contribution in [0.3, 0.4) is 0 Å². The molecule has 2 fully saturated rings. The zero-order valence-electron chi connectivity index (χ0n) is 14.2. The summed E-state index contributed by atoms with van der Waals surface area (Å²) in [5.41, 5.74) is 0. The third kappa shape index (κ3) is 4.43. The molecular weight excluding hydrogens is 322 g/mol. The summed E-state index contributed by atoms with van der Waals surface area (Å²) in [6.07, 6.45) is -1.01. The normalized spacial score (nSPS) is 30.8. The Morgan fingerprint density at radius 1 is 1.50 bits per heavy atom. The molecule has 0 spiro atoms. The average molecular weight is 348 g/mol. The number of aliphatic hydroxyl groups is 1. The van der Waals surface area contributed by atoms with Gasteiger partial charge in [-0.15, -0.1) is 0 Å². The summed E-state index contributed by atoms with van der Waals surface area (Å²) in [4.78, 5) is 22.6. The van der Waals surface area contributed by atoms with Crippen LogP contribution >= 0.6 is 0 Å². The van der Waals surface area contributed by atoms with E-state index in [9.17, 15) is 23.5 Å². The predicted molar refractivity (Wildman–Crippen MR) is 81.4 cm³/mol. The molecule has 0 radical (unpaired) electrons. The van der Waals surface area contributed by atoms with Gasteiger partial charge in [0.05, 0.1) is 12.5 Å². The average Bonchev–Trinajstić information content (AvgIpc) is 2.96. The largest absolute Gasteiger partial charge is 0.462 e. The van der Waals surface area contributed by atoms with E-state index in [1.807, 2.05) is 6.92 Å². The Kier molecular flexibility index (Phi) is 6.17. The van der Waals surface area contributed by atoms with Crippen LogP contribution in [0.25, 0.3) is 0 Å². The third-order valence-corrected chi connectivity index (χ3v) is 5.09. The van der Waals surface area contributed by atoms with E-state index in [2.05, 4.69) is 0 Å². The van der Waals surface area contributed by atoms with Crippen LogP contribution in [-0.2, 0) is 19.1 Å². The zero-order valence-corrected chi connectivity index (χ0v) is 14.2. The summed E-state index contributed by atoms with van der Waals surface area (Å²) in [7, 11) is 0. The van der Waals surface area contributed by atoms with E-state index in [4.69, 9.17) is 9.47 Å². The van der Waals surface area contributed by atoms with Gasteiger partial charge in [-0.25, -0.2) is 8.78 Å². The Morgan fingerprint density at radius 2 is 2.21 bits per heavy atom. The van der Waals surface area contributed by atoms with Gasteiger partial charge in [0.15, 0.2) is 6.10 Å². The van der Waals surface area contributed by atoms with Crippen molar-refractivity contribution in [1.82, 2.24) is 0 Å². The molecule has 0 bridgehead atoms. The van der Waals surface area contributed by atoms with Crippen LogP contribution in [0.15, 0.2) is 0 Å². The number of aliphatic hydroxyl groups excluding tert-OH is 1. The van der Waals surface area contributed by atoms with E-state index < -0.39 is 24.1 Å². The highest BCUT2D eigenvalue weighted by Crippen LogP contribution is 2.44. The molecule has 1 N–H and O–H groups in total. The maximum absolute atomic E-state index is 14.3. The fraction of sp³-hybridized carbons (Fsp3) is 0.882. The first-order valence-corrected chi connectivity index (χ1v) is 8.67. The second kappa shape index (κ2) is 7.76. The molecule has 1 saturated carbocycles. The molecule has 1 aliphatic heterocycles. The summed E-state index contributed by atoms with van der Waals surface area (Å²) in [6.45, 7) is 2.94. The Labute approximate surface area is 140 Å². The lowest BCUT2D eigenvalue weighted by atomic mass is 9.86. The summed E-state index contributed by atoms with van der Waals surface area (Å²) < 4.78 is 38.7. The maximum atomic E-state index is 14.3. The minimum Gasteiger partial charge on any atom is -0.462 e. The highest BCUT2D eigenvalue weighted by Gasteiger charge is 2.50. The molecule has 0 amide bonds. The summed E-state index contributed by atoms with van der Waals surface area (Å²) in [5, 5.41) is 10.1. The second-order valence-electron chi connectivity index (χ2n) is 6.90. The van der Waals surface area contributed by atoms with Gasteiger partial charge in [-0.2, -0.15) is 0 Å². The van der Waals surface area contributed by atoms with Crippen LogP contribution in [0.1, 0.15) is 58.8 Å². The van der Waals surface area contributed by atoms with E-state index >= 15 is 0 Å². The smallest absolute Gasteiger partial charge is 0.306 e. The summed E-state index contributed by atoms with van der Waals surface area (Å²) in [5.74, 6) is -4.53. The number of alkyl halides is 2. The van der Waals surface area contributed by atoms with Crippen molar-refractivity contribution in [3.8, 4) is 0 Å². The molecule has 5 nitrogen and oxygen atoms in total. The first kappa shape index (κ1) is 19.1. The second-order valence-corrected chi connectivity index (χ2v) is 6.90. The molecule has 2 aliphatic rings. The number of carbonyl (C=O) groups is 2. The van der Waals surface area contributed by atoms with Crippen LogP contribution in [0.2, 0.25) is 0 Å². The lowest BCUT2D eigenvalue weighted by Crippen LogP contribution is -2.38. The van der Waals surface area contributed by atoms with E-state index in [1.165, 1.54) is 0 Å². The van der Waals surface area contributed by atoms with Crippen molar-refractivity contribution < 1.29 is 33.0 Å². The molecule has 5 atom stereocenters. The highest BCUT2D eigenvalue weighted by molar-refractivity contribution is 5.72. The molecule has 24 heavy (non-hydrogen) atoms. The van der Waals surface area contributed by atoms with Gasteiger partial charge in [-0.05, 0) is 25.2 Å². The fourth-order valence-corrected chi connectivity index (χ4v) is 3.86. The molecule has 1 saturated heterocycles. The Balaban J connectivity index is 1.99. The topological polar surface area (TPSA) is 72.8 Å². The van der Waals surface area contributed by atoms with E-state index in [0.717, 1.165) is 6.92 Å². The Hall–Kier alpha value is -1.24. The molecule has 0 aromatic rings. The fourth-order valence-electron chi connectivity index (χ4n) is 3.86. The van der Waals surface area contributed by atoms with Crippen molar-refractivity contribution in [3.05, 3.63) is 0 Å². The van der Waals surface area contributed by atoms with Gasteiger partial charge in [0.2, 0.25) is 0 Å². The first-order valence-electron chi connectivity index (χ1n) is 8.67. The first-order chi connectivity index (χ1) is 11.2. The van der Waals surface area contributed by atoms with Crippen molar-refractivity contribution in [3.63, 3.8) is 0 Å². The zero-order chi connectivity index (χ0) is 17.9. The SMILES string of the molecule is CCCCC(F)(F)C(CC[C@H]1[C@H](O)CC2OC(=O)C[C@@H]21)OC(C)=O. The van der Waals surface area contributed by atoms with Gasteiger partial charge in [-0.1, -0.05) is 13.3 Å². The van der Waals surface area contributed by atoms with Crippen molar-refractivity contribution >= 4 is 11.9 Å². The van der Waals surface area contributed by atoms with E-state index in [-0.39, 0.29) is 49.6 Å². The van der Waals surface area contributed by atoms with Crippen LogP contribution in [0.4, 0.5) is 8.78 Å². The molecule has 2 rings (SSSR count). The van der Waals surface area contributed by atoms with Gasteiger partial charge in [0.1, 0.15) is 6.10 Å². The van der Waals surface area contributed by atoms with Crippen molar-refractivity contribution in [2.45, 2.75) is 83.0 Å². The number of unbranched alkanes of at least 4 members (excludes halogenated alkanes) is 1. The number of carbonyl (C=O) groups excluding carboxylic acids is 2. The quantitative estimate of drug-likeness (QED) is 0.683. The molecule has 0 aromatic carbocycles. The molecule has 0 aromatic heterocycles. The standard InChI is InChI=1S/C17H26F2O5/c1-3-4-7-17(18,19)15(23-10(2)20)6-5-11-12-8-16(22)24-14(12)9-13(11)21/h11-15,21H,3-9H2,1-2H3/t11-,12-,13-,14?,15?/m1/s1. The van der Waals surface area contributed by atoms with Gasteiger partial charge < -0.3 is 14.6 Å². The minimum atomic E-state index is -3.09. The highest BCUT2D eigenvalue weighted by atomic mass is 19.3. The van der Waals surface area contributed by atoms with E-state index in [0.29, 0.717) is 19.3 Å². The number of hydrogen-bond acceptors (Lipinski definition) is 5. The summed E-state index contributed by atoms with van der Waals surface area (Å²) in [6, 6.07) is 0. The lowest BCUT2D eigenvalue weighted by Gasteiger charge is -2.28. The van der Waals surface area contributed by atoms with Crippen molar-refractivity contribution in [1.29, 1.82) is 0 Å². The Bertz CT molecular complexity index is 468. The molecular formula is C17H26F2O5. The van der Waals surface area contributed by atoms with Crippen LogP contribution in [0.5, 0.6) is 0 Å². The number of halogens is 2. The van der Waals surface area contributed by atoms with Gasteiger partial charge in [0.25, 0.3) is 5.92 Å². The maximum Gasteiger partial charge on any atom is 0.306 e. The molecule has 7 heteroatoms. The molecule has 138 valence electrons. The number of esters is 2. The van der Waals surface area contributed by atoms with Gasteiger partial charge >= 0.3 is 11.9 Å². The van der Waals surface area contributed by atoms with E-state index in [1.54, 1.807) is 0 Å². The number of ether oxygens (including phenoxy) is 2. The van der Waals surface area contributed by atoms with Crippen molar-refractivity contribution in [2.24, 2.45) is 11.8 Å². The van der Waals surface area contributed by atoms with Crippen LogP contribution < -0.4 is 0 Å². The molecule has 1 heterocycles. The van der Waals surface area contributed by atoms with Crippen LogP contribution in [-0.4, -0.2) is 41.3 Å². The van der Waals surface area contributed by atoms with Gasteiger partial charge in [0, 0.05) is 25.7 Å². The van der Waals surface area contributed by atoms with Crippen LogP contribution in [0, 0.1) is 11.8 Å². The minimum absolute atomic E-state index is 0.0323. The van der Waals surface area contributed by atoms with Crippen molar-refractivity contribution in [2.75, 3.05) is 0 Å². The van der Waals surface area contributed by atoms with Gasteiger partial charge in [-0.3, -0.25) is 9.59 Å². The lowest BCUT2D eigenvalue weighted by molar-refractivity contribution is -0.175.